The van der Waals surface area contributed by atoms with Gasteiger partial charge in [0.1, 0.15) is 5.54 Å². The number of carbonyl (C=O) groups is 2. The Morgan fingerprint density at radius 3 is 2.37 bits per heavy atom. The number of nitrogens with zero attached hydrogens (tertiary/aromatic N) is 1. The summed E-state index contributed by atoms with van der Waals surface area (Å²) < 4.78 is 0. The van der Waals surface area contributed by atoms with Crippen molar-refractivity contribution in [3.8, 4) is 0 Å². The zero-order valence-electron chi connectivity index (χ0n) is 12.2. The van der Waals surface area contributed by atoms with Gasteiger partial charge in [-0.1, -0.05) is 20.3 Å². The third-order valence-electron chi connectivity index (χ3n) is 4.10. The van der Waals surface area contributed by atoms with Gasteiger partial charge in [-0.25, -0.2) is 9.59 Å². The van der Waals surface area contributed by atoms with Gasteiger partial charge in [0.2, 0.25) is 0 Å². The SMILES string of the molecule is CCCCN(C(=O)NC1(C(=O)O)CCC1)C(C)CC. The van der Waals surface area contributed by atoms with Gasteiger partial charge in [-0.15, -0.1) is 0 Å². The molecule has 1 saturated carbocycles. The standard InChI is InChI=1S/C14H26N2O3/c1-4-6-10-16(11(3)5-2)13(19)15-14(12(17)18)8-7-9-14/h11H,4-10H2,1-3H3,(H,15,19)(H,17,18). The third kappa shape index (κ3) is 3.61. The van der Waals surface area contributed by atoms with E-state index in [1.54, 1.807) is 4.90 Å². The van der Waals surface area contributed by atoms with E-state index >= 15 is 0 Å². The van der Waals surface area contributed by atoms with Gasteiger partial charge in [0.05, 0.1) is 0 Å². The lowest BCUT2D eigenvalue weighted by Crippen LogP contribution is -2.62. The smallest absolute Gasteiger partial charge is 0.329 e. The number of nitrogens with one attached hydrogen (secondary N) is 1. The summed E-state index contributed by atoms with van der Waals surface area (Å²) in [5, 5.41) is 12.0. The van der Waals surface area contributed by atoms with Crippen molar-refractivity contribution in [2.75, 3.05) is 6.54 Å². The maximum Gasteiger partial charge on any atom is 0.329 e. The molecule has 1 rings (SSSR count). The van der Waals surface area contributed by atoms with E-state index < -0.39 is 11.5 Å². The van der Waals surface area contributed by atoms with Crippen molar-refractivity contribution in [1.82, 2.24) is 10.2 Å². The van der Waals surface area contributed by atoms with Gasteiger partial charge >= 0.3 is 12.0 Å². The number of urea groups is 1. The summed E-state index contributed by atoms with van der Waals surface area (Å²) in [6, 6.07) is -0.0950. The Hall–Kier alpha value is -1.26. The van der Waals surface area contributed by atoms with E-state index in [4.69, 9.17) is 0 Å². The Morgan fingerprint density at radius 2 is 2.00 bits per heavy atom. The average Bonchev–Trinajstić information content (AvgIpc) is 2.33. The molecule has 0 aromatic heterocycles. The van der Waals surface area contributed by atoms with Crippen LogP contribution >= 0.6 is 0 Å². The molecule has 5 nitrogen and oxygen atoms in total. The molecule has 1 unspecified atom stereocenters. The first kappa shape index (κ1) is 15.8. The highest BCUT2D eigenvalue weighted by Gasteiger charge is 2.46. The van der Waals surface area contributed by atoms with Crippen LogP contribution < -0.4 is 5.32 Å². The molecule has 5 heteroatoms. The van der Waals surface area contributed by atoms with E-state index in [1.165, 1.54) is 0 Å². The van der Waals surface area contributed by atoms with E-state index in [9.17, 15) is 14.7 Å². The summed E-state index contributed by atoms with van der Waals surface area (Å²) in [4.78, 5) is 25.4. The molecule has 19 heavy (non-hydrogen) atoms. The lowest BCUT2D eigenvalue weighted by Gasteiger charge is -2.40. The average molecular weight is 270 g/mol. The molecular formula is C14H26N2O3. The molecule has 0 heterocycles. The van der Waals surface area contributed by atoms with E-state index in [0.29, 0.717) is 19.4 Å². The highest BCUT2D eigenvalue weighted by Crippen LogP contribution is 2.32. The molecule has 0 radical (unpaired) electrons. The van der Waals surface area contributed by atoms with Crippen molar-refractivity contribution in [2.24, 2.45) is 0 Å². The highest BCUT2D eigenvalue weighted by atomic mass is 16.4. The van der Waals surface area contributed by atoms with Crippen LogP contribution in [-0.4, -0.2) is 40.1 Å². The lowest BCUT2D eigenvalue weighted by atomic mass is 9.77. The highest BCUT2D eigenvalue weighted by molar-refractivity contribution is 5.87. The normalized spacial score (nSPS) is 18.3. The number of unbranched alkanes of at least 4 members (excludes halogenated alkanes) is 1. The van der Waals surface area contributed by atoms with Gasteiger partial charge < -0.3 is 15.3 Å². The van der Waals surface area contributed by atoms with Crippen molar-refractivity contribution in [2.45, 2.75) is 70.9 Å². The monoisotopic (exact) mass is 270 g/mol. The Kier molecular flexibility index (Phi) is 5.63. The van der Waals surface area contributed by atoms with Gasteiger partial charge in [-0.05, 0) is 39.0 Å². The molecule has 1 atom stereocenters. The van der Waals surface area contributed by atoms with Gasteiger partial charge in [0.15, 0.2) is 0 Å². The second-order valence-electron chi connectivity index (χ2n) is 5.48. The zero-order chi connectivity index (χ0) is 14.5. The van der Waals surface area contributed by atoms with E-state index in [1.807, 2.05) is 13.8 Å². The summed E-state index contributed by atoms with van der Waals surface area (Å²) >= 11 is 0. The van der Waals surface area contributed by atoms with E-state index in [0.717, 1.165) is 25.7 Å². The van der Waals surface area contributed by atoms with Gasteiger partial charge in [0.25, 0.3) is 0 Å². The van der Waals surface area contributed by atoms with Crippen LogP contribution in [0.2, 0.25) is 0 Å². The second-order valence-corrected chi connectivity index (χ2v) is 5.48. The van der Waals surface area contributed by atoms with Crippen molar-refractivity contribution in [3.05, 3.63) is 0 Å². The molecule has 2 amide bonds. The number of aliphatic carboxylic acids is 1. The lowest BCUT2D eigenvalue weighted by molar-refractivity contribution is -0.148. The molecule has 2 N–H and O–H groups in total. The fourth-order valence-corrected chi connectivity index (χ4v) is 2.27. The van der Waals surface area contributed by atoms with Crippen LogP contribution in [0.25, 0.3) is 0 Å². The molecule has 0 aromatic carbocycles. The molecule has 0 bridgehead atoms. The Bertz CT molecular complexity index is 327. The number of hydrogen-bond acceptors (Lipinski definition) is 2. The minimum absolute atomic E-state index is 0.137. The first-order valence-corrected chi connectivity index (χ1v) is 7.29. The Balaban J connectivity index is 2.68. The number of carboxylic acid groups (broad SMARTS) is 1. The maximum atomic E-state index is 12.3. The molecule has 110 valence electrons. The minimum atomic E-state index is -1.02. The van der Waals surface area contributed by atoms with Crippen molar-refractivity contribution in [1.29, 1.82) is 0 Å². The molecule has 0 spiro atoms. The summed E-state index contributed by atoms with van der Waals surface area (Å²) in [6.07, 6.45) is 4.77. The van der Waals surface area contributed by atoms with Gasteiger partial charge in [0, 0.05) is 12.6 Å². The number of amides is 2. The quantitative estimate of drug-likeness (QED) is 0.747. The van der Waals surface area contributed by atoms with Gasteiger partial charge in [-0.2, -0.15) is 0 Å². The summed E-state index contributed by atoms with van der Waals surface area (Å²) in [5.74, 6) is -0.910. The van der Waals surface area contributed by atoms with Crippen molar-refractivity contribution >= 4 is 12.0 Å². The summed E-state index contributed by atoms with van der Waals surface area (Å²) in [7, 11) is 0. The number of rotatable bonds is 7. The van der Waals surface area contributed by atoms with Crippen molar-refractivity contribution in [3.63, 3.8) is 0 Å². The van der Waals surface area contributed by atoms with Crippen LogP contribution in [-0.2, 0) is 4.79 Å². The Labute approximate surface area is 115 Å². The summed E-state index contributed by atoms with van der Waals surface area (Å²) in [5.41, 5.74) is -1.02. The number of carbonyl (C=O) groups excluding carboxylic acids is 1. The minimum Gasteiger partial charge on any atom is -0.480 e. The van der Waals surface area contributed by atoms with E-state index in [-0.39, 0.29) is 12.1 Å². The largest absolute Gasteiger partial charge is 0.480 e. The Morgan fingerprint density at radius 1 is 1.37 bits per heavy atom. The van der Waals surface area contributed by atoms with E-state index in [2.05, 4.69) is 12.2 Å². The summed E-state index contributed by atoms with van der Waals surface area (Å²) in [6.45, 7) is 6.81. The van der Waals surface area contributed by atoms with Crippen LogP contribution in [0.4, 0.5) is 4.79 Å². The molecule has 1 fully saturated rings. The first-order chi connectivity index (χ1) is 8.96. The van der Waals surface area contributed by atoms with Crippen molar-refractivity contribution < 1.29 is 14.7 Å². The number of hydrogen-bond donors (Lipinski definition) is 2. The van der Waals surface area contributed by atoms with Crippen LogP contribution in [0.5, 0.6) is 0 Å². The predicted molar refractivity (Wildman–Crippen MR) is 74.1 cm³/mol. The third-order valence-corrected chi connectivity index (χ3v) is 4.10. The number of carboxylic acids is 1. The molecule has 0 saturated heterocycles. The molecule has 0 aromatic rings. The topological polar surface area (TPSA) is 69.6 Å². The molecule has 1 aliphatic carbocycles. The van der Waals surface area contributed by atoms with Crippen LogP contribution in [0.1, 0.15) is 59.3 Å². The maximum absolute atomic E-state index is 12.3. The second kappa shape index (κ2) is 6.78. The molecule has 1 aliphatic rings. The van der Waals surface area contributed by atoms with Crippen LogP contribution in [0, 0.1) is 0 Å². The first-order valence-electron chi connectivity index (χ1n) is 7.29. The van der Waals surface area contributed by atoms with Crippen LogP contribution in [0.3, 0.4) is 0 Å². The predicted octanol–water partition coefficient (Wildman–Crippen LogP) is 2.60. The molecule has 0 aliphatic heterocycles. The fourth-order valence-electron chi connectivity index (χ4n) is 2.27. The van der Waals surface area contributed by atoms with Crippen LogP contribution in [0.15, 0.2) is 0 Å². The van der Waals surface area contributed by atoms with Gasteiger partial charge in [-0.3, -0.25) is 0 Å². The molecular weight excluding hydrogens is 244 g/mol. The zero-order valence-corrected chi connectivity index (χ0v) is 12.2. The fraction of sp³-hybridized carbons (Fsp3) is 0.857.